The van der Waals surface area contributed by atoms with Gasteiger partial charge in [-0.05, 0) is 43.9 Å². The van der Waals surface area contributed by atoms with Crippen LogP contribution in [0.4, 0.5) is 0 Å². The Kier molecular flexibility index (Phi) is 5.48. The fourth-order valence-corrected chi connectivity index (χ4v) is 1.65. The maximum Gasteiger partial charge on any atom is 0.0876 e. The molecule has 0 saturated carbocycles. The van der Waals surface area contributed by atoms with Gasteiger partial charge in [-0.15, -0.1) is 0 Å². The molecule has 1 aliphatic heterocycles. The predicted molar refractivity (Wildman–Crippen MR) is 64.8 cm³/mol. The molecule has 0 radical (unpaired) electrons. The first-order valence-corrected chi connectivity index (χ1v) is 5.91. The average molecular weight is 209 g/mol. The van der Waals surface area contributed by atoms with Crippen LogP contribution in [0.2, 0.25) is 0 Å². The predicted octanol–water partition coefficient (Wildman–Crippen LogP) is 3.02. The zero-order valence-corrected chi connectivity index (χ0v) is 10.2. The molecule has 0 aromatic carbocycles. The van der Waals surface area contributed by atoms with Crippen molar-refractivity contribution in [2.45, 2.75) is 46.1 Å². The molecule has 0 saturated heterocycles. The summed E-state index contributed by atoms with van der Waals surface area (Å²) in [6.07, 6.45) is 7.64. The number of rotatable bonds is 5. The van der Waals surface area contributed by atoms with Gasteiger partial charge in [0, 0.05) is 6.04 Å². The summed E-state index contributed by atoms with van der Waals surface area (Å²) in [4.78, 5) is 0. The summed E-state index contributed by atoms with van der Waals surface area (Å²) < 4.78 is 5.33. The van der Waals surface area contributed by atoms with Gasteiger partial charge in [0.15, 0.2) is 0 Å². The van der Waals surface area contributed by atoms with Crippen LogP contribution in [0, 0.1) is 0 Å². The van der Waals surface area contributed by atoms with Crippen LogP contribution in [0.1, 0.15) is 40.0 Å². The molecule has 1 aliphatic rings. The molecule has 1 rings (SSSR count). The first-order valence-electron chi connectivity index (χ1n) is 5.91. The molecular formula is C13H23NO. The number of nitrogens with one attached hydrogen (secondary N) is 1. The van der Waals surface area contributed by atoms with E-state index in [0.29, 0.717) is 6.04 Å². The molecule has 2 nitrogen and oxygen atoms in total. The van der Waals surface area contributed by atoms with Gasteiger partial charge < -0.3 is 10.1 Å². The highest BCUT2D eigenvalue weighted by atomic mass is 16.5. The van der Waals surface area contributed by atoms with E-state index < -0.39 is 0 Å². The molecule has 0 spiro atoms. The second kappa shape index (κ2) is 6.67. The molecule has 2 heteroatoms. The van der Waals surface area contributed by atoms with Gasteiger partial charge in [0.1, 0.15) is 0 Å². The largest absolute Gasteiger partial charge is 0.501 e. The van der Waals surface area contributed by atoms with Crippen LogP contribution in [0.5, 0.6) is 0 Å². The standard InChI is InChI=1S/C13H23NO/c1-11(2)14-8-4-6-12(3)13-7-5-9-15-10-13/h6,10-11,14H,4-5,7-9H2,1-3H3/b12-6-. The summed E-state index contributed by atoms with van der Waals surface area (Å²) in [6.45, 7) is 8.47. The van der Waals surface area contributed by atoms with Crippen LogP contribution in [0.15, 0.2) is 23.5 Å². The third kappa shape index (κ3) is 5.03. The van der Waals surface area contributed by atoms with Crippen molar-refractivity contribution >= 4 is 0 Å². The lowest BCUT2D eigenvalue weighted by molar-refractivity contribution is 0.226. The van der Waals surface area contributed by atoms with Crippen molar-refractivity contribution < 1.29 is 4.74 Å². The van der Waals surface area contributed by atoms with E-state index in [1.165, 1.54) is 17.6 Å². The fraction of sp³-hybridized carbons (Fsp3) is 0.692. The summed E-state index contributed by atoms with van der Waals surface area (Å²) in [5, 5.41) is 3.41. The quantitative estimate of drug-likeness (QED) is 0.703. The molecule has 0 fully saturated rings. The average Bonchev–Trinajstić information content (AvgIpc) is 2.25. The van der Waals surface area contributed by atoms with Gasteiger partial charge >= 0.3 is 0 Å². The van der Waals surface area contributed by atoms with Crippen molar-refractivity contribution in [3.05, 3.63) is 23.5 Å². The van der Waals surface area contributed by atoms with E-state index in [-0.39, 0.29) is 0 Å². The highest BCUT2D eigenvalue weighted by Gasteiger charge is 2.05. The van der Waals surface area contributed by atoms with Crippen molar-refractivity contribution in [1.82, 2.24) is 5.32 Å². The fourth-order valence-electron chi connectivity index (χ4n) is 1.65. The number of ether oxygens (including phenoxy) is 1. The lowest BCUT2D eigenvalue weighted by Gasteiger charge is -2.14. The Balaban J connectivity index is 2.28. The summed E-state index contributed by atoms with van der Waals surface area (Å²) in [5.74, 6) is 0. The minimum atomic E-state index is 0.580. The SMILES string of the molecule is C/C(=C/CCNC(C)C)C1=COCCC1. The van der Waals surface area contributed by atoms with Gasteiger partial charge in [-0.1, -0.05) is 19.9 Å². The molecule has 0 amide bonds. The number of allylic oxidation sites excluding steroid dienone is 2. The highest BCUT2D eigenvalue weighted by Crippen LogP contribution is 2.19. The van der Waals surface area contributed by atoms with Crippen LogP contribution in [-0.4, -0.2) is 19.2 Å². The third-order valence-electron chi connectivity index (χ3n) is 2.59. The van der Waals surface area contributed by atoms with Gasteiger partial charge in [0.05, 0.1) is 12.9 Å². The van der Waals surface area contributed by atoms with Crippen LogP contribution >= 0.6 is 0 Å². The first kappa shape index (κ1) is 12.3. The second-order valence-electron chi connectivity index (χ2n) is 4.40. The Morgan fingerprint density at radius 2 is 2.40 bits per heavy atom. The molecule has 0 aromatic heterocycles. The Bertz CT molecular complexity index is 241. The molecule has 1 heterocycles. The van der Waals surface area contributed by atoms with Crippen LogP contribution in [0.25, 0.3) is 0 Å². The summed E-state index contributed by atoms with van der Waals surface area (Å²) in [6, 6.07) is 0.580. The van der Waals surface area contributed by atoms with Gasteiger partial charge in [-0.3, -0.25) is 0 Å². The smallest absolute Gasteiger partial charge is 0.0876 e. The molecule has 1 N–H and O–H groups in total. The topological polar surface area (TPSA) is 21.3 Å². The van der Waals surface area contributed by atoms with Gasteiger partial charge in [-0.25, -0.2) is 0 Å². The summed E-state index contributed by atoms with van der Waals surface area (Å²) in [5.41, 5.74) is 2.74. The van der Waals surface area contributed by atoms with E-state index in [0.717, 1.165) is 26.0 Å². The Hall–Kier alpha value is -0.760. The molecule has 86 valence electrons. The van der Waals surface area contributed by atoms with Crippen LogP contribution in [0.3, 0.4) is 0 Å². The van der Waals surface area contributed by atoms with Crippen molar-refractivity contribution in [3.8, 4) is 0 Å². The number of hydrogen-bond donors (Lipinski definition) is 1. The van der Waals surface area contributed by atoms with Crippen molar-refractivity contribution in [3.63, 3.8) is 0 Å². The van der Waals surface area contributed by atoms with E-state index in [1.54, 1.807) is 0 Å². The first-order chi connectivity index (χ1) is 7.20. The van der Waals surface area contributed by atoms with E-state index in [4.69, 9.17) is 4.74 Å². The Morgan fingerprint density at radius 3 is 3.00 bits per heavy atom. The molecule has 0 unspecified atom stereocenters. The van der Waals surface area contributed by atoms with E-state index >= 15 is 0 Å². The maximum absolute atomic E-state index is 5.33. The minimum Gasteiger partial charge on any atom is -0.501 e. The van der Waals surface area contributed by atoms with Gasteiger partial charge in [0.25, 0.3) is 0 Å². The third-order valence-corrected chi connectivity index (χ3v) is 2.59. The van der Waals surface area contributed by atoms with Crippen molar-refractivity contribution in [1.29, 1.82) is 0 Å². The Morgan fingerprint density at radius 1 is 1.60 bits per heavy atom. The zero-order chi connectivity index (χ0) is 11.1. The summed E-state index contributed by atoms with van der Waals surface area (Å²) in [7, 11) is 0. The van der Waals surface area contributed by atoms with Crippen molar-refractivity contribution in [2.75, 3.05) is 13.2 Å². The molecular weight excluding hydrogens is 186 g/mol. The molecule has 15 heavy (non-hydrogen) atoms. The molecule has 0 aromatic rings. The minimum absolute atomic E-state index is 0.580. The van der Waals surface area contributed by atoms with E-state index in [2.05, 4.69) is 32.2 Å². The summed E-state index contributed by atoms with van der Waals surface area (Å²) >= 11 is 0. The lowest BCUT2D eigenvalue weighted by Crippen LogP contribution is -2.23. The van der Waals surface area contributed by atoms with E-state index in [1.807, 2.05) is 6.26 Å². The molecule has 0 atom stereocenters. The maximum atomic E-state index is 5.33. The Labute approximate surface area is 93.4 Å². The second-order valence-corrected chi connectivity index (χ2v) is 4.40. The lowest BCUT2D eigenvalue weighted by atomic mass is 10.0. The van der Waals surface area contributed by atoms with Gasteiger partial charge in [-0.2, -0.15) is 0 Å². The number of hydrogen-bond acceptors (Lipinski definition) is 2. The molecule has 0 bridgehead atoms. The van der Waals surface area contributed by atoms with Gasteiger partial charge in [0.2, 0.25) is 0 Å². The normalized spacial score (nSPS) is 17.6. The highest BCUT2D eigenvalue weighted by molar-refractivity contribution is 5.28. The monoisotopic (exact) mass is 209 g/mol. The van der Waals surface area contributed by atoms with Crippen LogP contribution < -0.4 is 5.32 Å². The van der Waals surface area contributed by atoms with Crippen LogP contribution in [-0.2, 0) is 4.74 Å². The molecule has 0 aliphatic carbocycles. The zero-order valence-electron chi connectivity index (χ0n) is 10.2. The van der Waals surface area contributed by atoms with E-state index in [9.17, 15) is 0 Å². The van der Waals surface area contributed by atoms with Crippen molar-refractivity contribution in [2.24, 2.45) is 0 Å².